The summed E-state index contributed by atoms with van der Waals surface area (Å²) in [6, 6.07) is 0. The van der Waals surface area contributed by atoms with Gasteiger partial charge in [0.25, 0.3) is 5.09 Å². The van der Waals surface area contributed by atoms with E-state index in [1.807, 2.05) is 0 Å². The summed E-state index contributed by atoms with van der Waals surface area (Å²) in [5, 5.41) is 13.6. The predicted octanol–water partition coefficient (Wildman–Crippen LogP) is 9.26. The first-order valence-electron chi connectivity index (χ1n) is 13.2. The van der Waals surface area contributed by atoms with E-state index in [9.17, 15) is 0 Å². The van der Waals surface area contributed by atoms with E-state index >= 15 is 0 Å². The van der Waals surface area contributed by atoms with Gasteiger partial charge in [-0.15, -0.1) is 10.1 Å². The van der Waals surface area contributed by atoms with E-state index in [0.29, 0.717) is 0 Å². The Morgan fingerprint density at radius 3 is 1.00 bits per heavy atom. The van der Waals surface area contributed by atoms with Gasteiger partial charge in [0.05, 0.1) is 0 Å². The molecule has 0 atom stereocenters. The zero-order valence-electron chi connectivity index (χ0n) is 21.8. The van der Waals surface area contributed by atoms with Crippen molar-refractivity contribution in [3.63, 3.8) is 0 Å². The molecule has 0 rings (SSSR count). The Bertz CT molecular complexity index is 313. The fourth-order valence-electron chi connectivity index (χ4n) is 4.37. The van der Waals surface area contributed by atoms with Crippen LogP contribution in [0.2, 0.25) is 0 Å². The van der Waals surface area contributed by atoms with Gasteiger partial charge in [0.2, 0.25) is 0 Å². The monoisotopic (exact) mass is 466 g/mol. The van der Waals surface area contributed by atoms with Crippen molar-refractivity contribution < 1.29 is 10.3 Å². The molecular weight excluding hydrogens is 407 g/mol. The Morgan fingerprint density at radius 1 is 0.581 bits per heavy atom. The van der Waals surface area contributed by atoms with Crippen molar-refractivity contribution in [3.05, 3.63) is 10.1 Å². The maximum Gasteiger partial charge on any atom is 0.291 e. The molecule has 0 aliphatic heterocycles. The fourth-order valence-corrected chi connectivity index (χ4v) is 8.43. The second-order valence-corrected chi connectivity index (χ2v) is 14.7. The molecule has 0 radical (unpaired) electrons. The van der Waals surface area contributed by atoms with Crippen LogP contribution in [0.15, 0.2) is 0 Å². The number of rotatable bonds is 21. The first-order valence-corrected chi connectivity index (χ1v) is 16.4. The minimum absolute atomic E-state index is 0. The van der Waals surface area contributed by atoms with E-state index in [-0.39, 0.29) is 6.15 Å². The summed E-state index contributed by atoms with van der Waals surface area (Å²) in [6.07, 6.45) is 31.4. The third-order valence-electron chi connectivity index (χ3n) is 6.40. The third-order valence-corrected chi connectivity index (χ3v) is 11.1. The van der Waals surface area contributed by atoms with Crippen LogP contribution in [-0.4, -0.2) is 35.4 Å². The Labute approximate surface area is 195 Å². The Morgan fingerprint density at radius 2 is 0.774 bits per heavy atom. The van der Waals surface area contributed by atoms with Crippen molar-refractivity contribution in [1.29, 1.82) is 0 Å². The molecular formula is C25H59N2O3P. The Kier molecular flexibility index (Phi) is 31.4. The van der Waals surface area contributed by atoms with Crippen molar-refractivity contribution in [3.8, 4) is 0 Å². The second-order valence-electron chi connectivity index (χ2n) is 9.60. The van der Waals surface area contributed by atoms with Crippen LogP contribution in [0.3, 0.4) is 0 Å². The first-order chi connectivity index (χ1) is 14.4. The summed E-state index contributed by atoms with van der Waals surface area (Å²) in [5.41, 5.74) is 0. The van der Waals surface area contributed by atoms with Crippen LogP contribution in [0.1, 0.15) is 136 Å². The largest absolute Gasteiger partial charge is 0.344 e. The van der Waals surface area contributed by atoms with E-state index < -0.39 is 12.3 Å². The molecule has 0 aromatic carbocycles. The zero-order chi connectivity index (χ0) is 22.9. The molecule has 0 saturated carbocycles. The van der Waals surface area contributed by atoms with E-state index in [2.05, 4.69) is 27.4 Å². The van der Waals surface area contributed by atoms with Crippen LogP contribution in [0.4, 0.5) is 0 Å². The smallest absolute Gasteiger partial charge is 0.291 e. The summed E-state index contributed by atoms with van der Waals surface area (Å²) >= 11 is 0. The SMILES string of the molecule is CCCCCCCC[PH](C)(CCCCCCCC)CCCCCCCC.N.O=[N+]([O-])O. The zero-order valence-corrected chi connectivity index (χ0v) is 22.8. The van der Waals surface area contributed by atoms with Gasteiger partial charge >= 0.3 is 169 Å². The molecule has 6 heteroatoms. The van der Waals surface area contributed by atoms with Gasteiger partial charge in [-0.25, -0.2) is 0 Å². The molecule has 0 amide bonds. The fraction of sp³-hybridized carbons (Fsp3) is 1.00. The van der Waals surface area contributed by atoms with E-state index in [0.717, 1.165) is 0 Å². The van der Waals surface area contributed by atoms with Crippen LogP contribution in [0, 0.1) is 10.1 Å². The van der Waals surface area contributed by atoms with Gasteiger partial charge in [0, 0.05) is 0 Å². The maximum absolute atomic E-state index is 8.36. The van der Waals surface area contributed by atoms with E-state index in [1.165, 1.54) is 116 Å². The van der Waals surface area contributed by atoms with Crippen LogP contribution in [-0.2, 0) is 0 Å². The predicted molar refractivity (Wildman–Crippen MR) is 143 cm³/mol. The molecule has 0 saturated heterocycles. The number of hydrogen-bond acceptors (Lipinski definition) is 3. The maximum atomic E-state index is 8.36. The normalized spacial score (nSPS) is 11.4. The minimum atomic E-state index is -1.50. The molecule has 0 aliphatic rings. The van der Waals surface area contributed by atoms with Gasteiger partial charge in [-0.05, 0) is 0 Å². The van der Waals surface area contributed by atoms with E-state index in [4.69, 9.17) is 15.3 Å². The second kappa shape index (κ2) is 27.6. The molecule has 0 fully saturated rings. The summed E-state index contributed by atoms with van der Waals surface area (Å²) in [4.78, 5) is 8.36. The molecule has 5 nitrogen and oxygen atoms in total. The molecule has 31 heavy (non-hydrogen) atoms. The van der Waals surface area contributed by atoms with E-state index in [1.54, 1.807) is 18.5 Å². The molecule has 0 aromatic rings. The summed E-state index contributed by atoms with van der Waals surface area (Å²) < 4.78 is 0. The van der Waals surface area contributed by atoms with Gasteiger partial charge in [0.1, 0.15) is 0 Å². The van der Waals surface area contributed by atoms with Crippen LogP contribution in [0.5, 0.6) is 0 Å². The Hall–Kier alpha value is -0.410. The van der Waals surface area contributed by atoms with Gasteiger partial charge in [-0.1, -0.05) is 0 Å². The van der Waals surface area contributed by atoms with Crippen LogP contribution in [0.25, 0.3) is 0 Å². The van der Waals surface area contributed by atoms with Crippen molar-refractivity contribution >= 4 is 7.26 Å². The van der Waals surface area contributed by atoms with Crippen LogP contribution < -0.4 is 6.15 Å². The number of unbranched alkanes of at least 4 members (excludes halogenated alkanes) is 15. The molecule has 0 bridgehead atoms. The number of hydrogen-bond donors (Lipinski definition) is 2. The third kappa shape index (κ3) is 31.9. The average molecular weight is 467 g/mol. The quantitative estimate of drug-likeness (QED) is 0.0761. The molecule has 0 aromatic heterocycles. The Balaban J connectivity index is -0.00000143. The molecule has 4 N–H and O–H groups in total. The molecule has 0 spiro atoms. The standard InChI is InChI=1S/C25H55P.HNO3.H3N/c1-5-8-11-14-17-20-23-26(4,24-21-18-15-12-9-6-2)25-22-19-16-13-10-7-3;2-1(3)4;/h26H,5-25H2,1-4H3;(H,2,3,4);1H3. The molecule has 0 aliphatic carbocycles. The van der Waals surface area contributed by atoms with Crippen molar-refractivity contribution in [2.75, 3.05) is 25.2 Å². The molecule has 0 unspecified atom stereocenters. The summed E-state index contributed by atoms with van der Waals surface area (Å²) in [6.45, 7) is 9.73. The average Bonchev–Trinajstić information content (AvgIpc) is 2.70. The topological polar surface area (TPSA) is 98.4 Å². The molecule has 0 heterocycles. The van der Waals surface area contributed by atoms with Gasteiger partial charge in [0.15, 0.2) is 0 Å². The van der Waals surface area contributed by atoms with Gasteiger partial charge < -0.3 is 11.4 Å². The minimum Gasteiger partial charge on any atom is -0.344 e. The first kappa shape index (κ1) is 35.2. The summed E-state index contributed by atoms with van der Waals surface area (Å²) in [7, 11) is -0.955. The van der Waals surface area contributed by atoms with Crippen molar-refractivity contribution in [1.82, 2.24) is 6.15 Å². The van der Waals surface area contributed by atoms with Crippen molar-refractivity contribution in [2.24, 2.45) is 0 Å². The van der Waals surface area contributed by atoms with Gasteiger partial charge in [-0.3, -0.25) is 0 Å². The van der Waals surface area contributed by atoms with Gasteiger partial charge in [-0.2, -0.15) is 0 Å². The van der Waals surface area contributed by atoms with Crippen LogP contribution >= 0.6 is 7.26 Å². The summed E-state index contributed by atoms with van der Waals surface area (Å²) in [5.74, 6) is 0. The number of nitrogens with zero attached hydrogens (tertiary/aromatic N) is 1. The van der Waals surface area contributed by atoms with Crippen molar-refractivity contribution in [2.45, 2.75) is 136 Å². The molecule has 192 valence electrons.